The maximum Gasteiger partial charge on any atom is 0.217 e. The first-order chi connectivity index (χ1) is 9.34. The van der Waals surface area contributed by atoms with Gasteiger partial charge < -0.3 is 0 Å². The van der Waals surface area contributed by atoms with Gasteiger partial charge in [0.1, 0.15) is 5.82 Å². The van der Waals surface area contributed by atoms with Crippen molar-refractivity contribution in [2.24, 2.45) is 0 Å². The molecule has 2 heterocycles. The Labute approximate surface area is 123 Å². The highest BCUT2D eigenvalue weighted by Crippen LogP contribution is 2.31. The summed E-state index contributed by atoms with van der Waals surface area (Å²) < 4.78 is 2.75. The van der Waals surface area contributed by atoms with E-state index in [-0.39, 0.29) is 0 Å². The van der Waals surface area contributed by atoms with Crippen LogP contribution in [0.2, 0.25) is 0 Å². The summed E-state index contributed by atoms with van der Waals surface area (Å²) in [5, 5.41) is 4.41. The van der Waals surface area contributed by atoms with Crippen LogP contribution in [0.25, 0.3) is 0 Å². The van der Waals surface area contributed by atoms with E-state index in [2.05, 4.69) is 61.0 Å². The molecule has 0 spiro atoms. The Hall–Kier alpha value is -1.16. The van der Waals surface area contributed by atoms with E-state index in [4.69, 9.17) is 0 Å². The van der Waals surface area contributed by atoms with Gasteiger partial charge in [0.2, 0.25) is 4.73 Å². The van der Waals surface area contributed by atoms with Crippen LogP contribution in [0.3, 0.4) is 0 Å². The highest BCUT2D eigenvalue weighted by atomic mass is 79.9. The van der Waals surface area contributed by atoms with E-state index in [1.807, 2.05) is 13.8 Å². The van der Waals surface area contributed by atoms with Crippen LogP contribution in [0, 0.1) is 0 Å². The Kier molecular flexibility index (Phi) is 5.14. The third-order valence-corrected chi connectivity index (χ3v) is 3.64. The molecule has 0 saturated carbocycles. The van der Waals surface area contributed by atoms with Crippen molar-refractivity contribution in [2.75, 3.05) is 0 Å². The van der Waals surface area contributed by atoms with E-state index in [1.54, 1.807) is 0 Å². The molecule has 1 unspecified atom stereocenters. The topological polar surface area (TPSA) is 30.7 Å². The third-order valence-electron chi connectivity index (χ3n) is 3.30. The van der Waals surface area contributed by atoms with Crippen molar-refractivity contribution in [1.29, 1.82) is 0 Å². The highest BCUT2D eigenvalue weighted by Gasteiger charge is 2.23. The highest BCUT2D eigenvalue weighted by molar-refractivity contribution is 9.10. The summed E-state index contributed by atoms with van der Waals surface area (Å²) in [6.45, 7) is 4.98. The molecular weight excluding hydrogens is 302 g/mol. The van der Waals surface area contributed by atoms with Crippen LogP contribution in [0.5, 0.6) is 0 Å². The lowest BCUT2D eigenvalue weighted by atomic mass is 9.94. The van der Waals surface area contributed by atoms with Gasteiger partial charge in [-0.1, -0.05) is 50.6 Å². The van der Waals surface area contributed by atoms with Gasteiger partial charge >= 0.3 is 0 Å². The summed E-state index contributed by atoms with van der Waals surface area (Å²) in [4.78, 5) is 4.54. The van der Waals surface area contributed by atoms with Crippen molar-refractivity contribution in [2.45, 2.75) is 45.6 Å². The van der Waals surface area contributed by atoms with Crippen LogP contribution in [0.4, 0.5) is 0 Å². The average Bonchev–Trinajstić information content (AvgIpc) is 2.72. The lowest BCUT2D eigenvalue weighted by molar-refractivity contribution is 0.572. The summed E-state index contributed by atoms with van der Waals surface area (Å²) in [5.41, 5.74) is 1.34. The van der Waals surface area contributed by atoms with Gasteiger partial charge in [-0.25, -0.2) is 9.67 Å². The molecule has 3 rings (SSSR count). The number of rotatable bonds is 1. The number of benzene rings is 1. The summed E-state index contributed by atoms with van der Waals surface area (Å²) in [6, 6.07) is 10.6. The molecule has 4 heteroatoms. The first kappa shape index (κ1) is 14.3. The van der Waals surface area contributed by atoms with Gasteiger partial charge in [0, 0.05) is 12.5 Å². The van der Waals surface area contributed by atoms with Crippen LogP contribution in [0.15, 0.2) is 35.1 Å². The van der Waals surface area contributed by atoms with Crippen molar-refractivity contribution < 1.29 is 0 Å². The fraction of sp³-hybridized carbons (Fsp3) is 0.467. The zero-order valence-electron chi connectivity index (χ0n) is 11.5. The summed E-state index contributed by atoms with van der Waals surface area (Å²) >= 11 is 3.37. The van der Waals surface area contributed by atoms with E-state index in [0.29, 0.717) is 10.7 Å². The SMILES string of the molecule is Brc1nc2n(n1)CCCCC2c1ccccc1.CC. The van der Waals surface area contributed by atoms with Gasteiger partial charge in [-0.3, -0.25) is 0 Å². The van der Waals surface area contributed by atoms with Gasteiger partial charge in [0.15, 0.2) is 0 Å². The van der Waals surface area contributed by atoms with Crippen molar-refractivity contribution in [3.63, 3.8) is 0 Å². The molecule has 0 bridgehead atoms. The predicted molar refractivity (Wildman–Crippen MR) is 81.2 cm³/mol. The Morgan fingerprint density at radius 1 is 1.16 bits per heavy atom. The molecule has 1 aliphatic heterocycles. The third kappa shape index (κ3) is 3.24. The molecule has 0 fully saturated rings. The molecule has 0 saturated heterocycles. The number of aryl methyl sites for hydroxylation is 1. The maximum atomic E-state index is 4.54. The van der Waals surface area contributed by atoms with E-state index >= 15 is 0 Å². The second-order valence-corrected chi connectivity index (χ2v) is 5.13. The predicted octanol–water partition coefficient (Wildman–Crippen LogP) is 4.38. The second kappa shape index (κ2) is 6.85. The van der Waals surface area contributed by atoms with Gasteiger partial charge in [-0.05, 0) is 34.3 Å². The van der Waals surface area contributed by atoms with Crippen molar-refractivity contribution >= 4 is 15.9 Å². The second-order valence-electron chi connectivity index (χ2n) is 4.42. The first-order valence-corrected chi connectivity index (χ1v) is 7.79. The Morgan fingerprint density at radius 2 is 1.89 bits per heavy atom. The van der Waals surface area contributed by atoms with Crippen molar-refractivity contribution in [3.8, 4) is 0 Å². The zero-order chi connectivity index (χ0) is 13.7. The number of hydrogen-bond acceptors (Lipinski definition) is 2. The number of fused-ring (bicyclic) bond motifs is 1. The molecular formula is C15H20BrN3. The Morgan fingerprint density at radius 3 is 2.63 bits per heavy atom. The average molecular weight is 322 g/mol. The molecule has 19 heavy (non-hydrogen) atoms. The molecule has 1 aliphatic rings. The summed E-state index contributed by atoms with van der Waals surface area (Å²) in [7, 11) is 0. The van der Waals surface area contributed by atoms with Crippen LogP contribution in [-0.4, -0.2) is 14.8 Å². The van der Waals surface area contributed by atoms with Gasteiger partial charge in [-0.2, -0.15) is 0 Å². The van der Waals surface area contributed by atoms with E-state index < -0.39 is 0 Å². The normalized spacial score (nSPS) is 17.9. The number of nitrogens with zero attached hydrogens (tertiary/aromatic N) is 3. The van der Waals surface area contributed by atoms with Gasteiger partial charge in [-0.15, -0.1) is 5.10 Å². The van der Waals surface area contributed by atoms with Crippen molar-refractivity contribution in [1.82, 2.24) is 14.8 Å². The molecule has 1 aromatic carbocycles. The smallest absolute Gasteiger partial charge is 0.217 e. The monoisotopic (exact) mass is 321 g/mol. The minimum Gasteiger partial charge on any atom is -0.248 e. The molecule has 0 amide bonds. The quantitative estimate of drug-likeness (QED) is 0.780. The Bertz CT molecular complexity index is 507. The van der Waals surface area contributed by atoms with Crippen LogP contribution in [-0.2, 0) is 6.54 Å². The van der Waals surface area contributed by atoms with Crippen LogP contribution in [0.1, 0.15) is 50.4 Å². The molecule has 2 aromatic rings. The van der Waals surface area contributed by atoms with E-state index in [1.165, 1.54) is 18.4 Å². The molecule has 0 aliphatic carbocycles. The summed E-state index contributed by atoms with van der Waals surface area (Å²) in [6.07, 6.45) is 3.59. The summed E-state index contributed by atoms with van der Waals surface area (Å²) in [5.74, 6) is 1.48. The number of aromatic nitrogens is 3. The van der Waals surface area contributed by atoms with E-state index in [0.717, 1.165) is 18.8 Å². The van der Waals surface area contributed by atoms with Crippen LogP contribution < -0.4 is 0 Å². The Balaban J connectivity index is 0.000000637. The first-order valence-electron chi connectivity index (χ1n) is 7.00. The van der Waals surface area contributed by atoms with Crippen molar-refractivity contribution in [3.05, 3.63) is 46.5 Å². The zero-order valence-corrected chi connectivity index (χ0v) is 13.1. The molecule has 3 nitrogen and oxygen atoms in total. The molecule has 102 valence electrons. The number of hydrogen-bond donors (Lipinski definition) is 0. The van der Waals surface area contributed by atoms with Crippen LogP contribution >= 0.6 is 15.9 Å². The molecule has 1 aromatic heterocycles. The van der Waals surface area contributed by atoms with Gasteiger partial charge in [0.25, 0.3) is 0 Å². The fourth-order valence-electron chi connectivity index (χ4n) is 2.49. The molecule has 0 N–H and O–H groups in total. The molecule has 0 radical (unpaired) electrons. The number of halogens is 1. The maximum absolute atomic E-state index is 4.54. The minimum atomic E-state index is 0.387. The van der Waals surface area contributed by atoms with E-state index in [9.17, 15) is 0 Å². The lowest BCUT2D eigenvalue weighted by Crippen LogP contribution is -2.08. The largest absolute Gasteiger partial charge is 0.248 e. The standard InChI is InChI=1S/C13H14BrN3.C2H6/c14-13-15-12-11(10-6-2-1-3-7-10)8-4-5-9-17(12)16-13;1-2/h1-3,6-7,11H,4-5,8-9H2;1-2H3. The van der Waals surface area contributed by atoms with Gasteiger partial charge in [0.05, 0.1) is 0 Å². The lowest BCUT2D eigenvalue weighted by Gasteiger charge is -2.13. The molecule has 1 atom stereocenters. The minimum absolute atomic E-state index is 0.387. The fourth-order valence-corrected chi connectivity index (χ4v) is 2.86.